The van der Waals surface area contributed by atoms with Gasteiger partial charge in [0.15, 0.2) is 6.10 Å². The Hall–Kier alpha value is -1.06. The van der Waals surface area contributed by atoms with E-state index in [-0.39, 0.29) is 6.10 Å². The molecule has 1 aromatic rings. The maximum absolute atomic E-state index is 10.5. The first-order chi connectivity index (χ1) is 6.18. The summed E-state index contributed by atoms with van der Waals surface area (Å²) < 4.78 is 4.96. The predicted molar refractivity (Wildman–Crippen MR) is 46.7 cm³/mol. The average molecular weight is 199 g/mol. The number of aliphatic carboxylic acids is 1. The average Bonchev–Trinajstić information content (AvgIpc) is 2.85. The van der Waals surface area contributed by atoms with Crippen LogP contribution in [0.3, 0.4) is 0 Å². The van der Waals surface area contributed by atoms with Crippen molar-refractivity contribution in [3.63, 3.8) is 0 Å². The van der Waals surface area contributed by atoms with Gasteiger partial charge >= 0.3 is 5.97 Å². The second-order valence-electron chi connectivity index (χ2n) is 2.87. The minimum Gasteiger partial charge on any atom is -0.479 e. The summed E-state index contributed by atoms with van der Waals surface area (Å²) in [5, 5.41) is 9.22. The number of carboxylic acids is 1. The maximum Gasteiger partial charge on any atom is 0.335 e. The van der Waals surface area contributed by atoms with Crippen LogP contribution in [0.1, 0.15) is 11.7 Å². The summed E-state index contributed by atoms with van der Waals surface area (Å²) in [7, 11) is 0. The summed E-state index contributed by atoms with van der Waals surface area (Å²) >= 11 is 5.68. The number of epoxide rings is 1. The summed E-state index contributed by atoms with van der Waals surface area (Å²) in [6, 6.07) is 6.99. The summed E-state index contributed by atoms with van der Waals surface area (Å²) in [5.74, 6) is -0.917. The van der Waals surface area contributed by atoms with Crippen molar-refractivity contribution in [1.82, 2.24) is 0 Å². The van der Waals surface area contributed by atoms with Crippen LogP contribution in [0.5, 0.6) is 0 Å². The molecule has 0 amide bonds. The Morgan fingerprint density at radius 2 is 2.00 bits per heavy atom. The first-order valence-corrected chi connectivity index (χ1v) is 4.20. The molecule has 1 N–H and O–H groups in total. The lowest BCUT2D eigenvalue weighted by Crippen LogP contribution is -2.04. The summed E-state index contributed by atoms with van der Waals surface area (Å²) in [6.07, 6.45) is -0.976. The van der Waals surface area contributed by atoms with Gasteiger partial charge in [-0.15, -0.1) is 0 Å². The quantitative estimate of drug-likeness (QED) is 0.738. The van der Waals surface area contributed by atoms with Crippen LogP contribution in [0.25, 0.3) is 0 Å². The monoisotopic (exact) mass is 198 g/mol. The molecule has 1 saturated heterocycles. The molecule has 0 aromatic heterocycles. The van der Waals surface area contributed by atoms with Crippen LogP contribution in [0.2, 0.25) is 5.02 Å². The highest BCUT2D eigenvalue weighted by atomic mass is 35.5. The van der Waals surface area contributed by atoms with E-state index in [1.807, 2.05) is 0 Å². The first kappa shape index (κ1) is 8.53. The van der Waals surface area contributed by atoms with Gasteiger partial charge in [-0.1, -0.05) is 23.7 Å². The minimum atomic E-state index is -0.917. The molecule has 68 valence electrons. The fraction of sp³-hybridized carbons (Fsp3) is 0.222. The Kier molecular flexibility index (Phi) is 1.98. The van der Waals surface area contributed by atoms with Gasteiger partial charge in [-0.2, -0.15) is 0 Å². The summed E-state index contributed by atoms with van der Waals surface area (Å²) in [5.41, 5.74) is 0.858. The molecule has 1 aromatic carbocycles. The minimum absolute atomic E-state index is 0.297. The van der Waals surface area contributed by atoms with Crippen molar-refractivity contribution in [3.8, 4) is 0 Å². The van der Waals surface area contributed by atoms with Gasteiger partial charge in [0.25, 0.3) is 0 Å². The molecule has 0 aliphatic carbocycles. The fourth-order valence-corrected chi connectivity index (χ4v) is 1.33. The van der Waals surface area contributed by atoms with Gasteiger partial charge < -0.3 is 9.84 Å². The third-order valence-corrected chi connectivity index (χ3v) is 2.19. The Bertz CT molecular complexity index is 333. The topological polar surface area (TPSA) is 49.8 Å². The van der Waals surface area contributed by atoms with Gasteiger partial charge in [-0.3, -0.25) is 0 Å². The number of hydrogen-bond donors (Lipinski definition) is 1. The molecule has 1 fully saturated rings. The van der Waals surface area contributed by atoms with Crippen LogP contribution in [-0.4, -0.2) is 17.2 Å². The van der Waals surface area contributed by atoms with E-state index in [4.69, 9.17) is 21.4 Å². The molecule has 1 aliphatic rings. The van der Waals surface area contributed by atoms with Crippen LogP contribution < -0.4 is 0 Å². The van der Waals surface area contributed by atoms with Crippen LogP contribution in [-0.2, 0) is 9.53 Å². The van der Waals surface area contributed by atoms with Gasteiger partial charge in [0, 0.05) is 5.02 Å². The smallest absolute Gasteiger partial charge is 0.335 e. The number of hydrogen-bond acceptors (Lipinski definition) is 2. The van der Waals surface area contributed by atoms with E-state index in [1.165, 1.54) is 0 Å². The molecule has 0 radical (unpaired) electrons. The van der Waals surface area contributed by atoms with Crippen molar-refractivity contribution in [2.24, 2.45) is 0 Å². The van der Waals surface area contributed by atoms with Gasteiger partial charge in [-0.25, -0.2) is 4.79 Å². The maximum atomic E-state index is 10.5. The zero-order valence-corrected chi connectivity index (χ0v) is 7.36. The number of carbonyl (C=O) groups is 1. The molecule has 0 bridgehead atoms. The zero-order valence-electron chi connectivity index (χ0n) is 6.61. The number of rotatable bonds is 2. The highest BCUT2D eigenvalue weighted by Crippen LogP contribution is 2.38. The third kappa shape index (κ3) is 1.66. The van der Waals surface area contributed by atoms with E-state index >= 15 is 0 Å². The van der Waals surface area contributed by atoms with E-state index in [2.05, 4.69) is 0 Å². The lowest BCUT2D eigenvalue weighted by molar-refractivity contribution is -0.138. The van der Waals surface area contributed by atoms with Crippen molar-refractivity contribution in [1.29, 1.82) is 0 Å². The van der Waals surface area contributed by atoms with Crippen molar-refractivity contribution < 1.29 is 14.6 Å². The highest BCUT2D eigenvalue weighted by molar-refractivity contribution is 6.30. The van der Waals surface area contributed by atoms with E-state index in [1.54, 1.807) is 24.3 Å². The predicted octanol–water partition coefficient (Wildman–Crippen LogP) is 1.86. The Balaban J connectivity index is 2.12. The second kappa shape index (κ2) is 3.01. The van der Waals surface area contributed by atoms with Crippen LogP contribution >= 0.6 is 11.6 Å². The lowest BCUT2D eigenvalue weighted by Gasteiger charge is -1.94. The molecule has 1 unspecified atom stereocenters. The molecule has 4 heteroatoms. The zero-order chi connectivity index (χ0) is 9.42. The largest absolute Gasteiger partial charge is 0.479 e. The van der Waals surface area contributed by atoms with Gasteiger partial charge in [0.2, 0.25) is 0 Å². The molecule has 2 rings (SSSR count). The Morgan fingerprint density at radius 3 is 2.46 bits per heavy atom. The van der Waals surface area contributed by atoms with Crippen molar-refractivity contribution in [3.05, 3.63) is 34.9 Å². The van der Waals surface area contributed by atoms with Gasteiger partial charge in [-0.05, 0) is 17.7 Å². The number of benzene rings is 1. The van der Waals surface area contributed by atoms with E-state index in [9.17, 15) is 4.79 Å². The number of ether oxygens (including phenoxy) is 1. The van der Waals surface area contributed by atoms with Gasteiger partial charge in [0.05, 0.1) is 0 Å². The van der Waals surface area contributed by atoms with Crippen LogP contribution in [0.15, 0.2) is 24.3 Å². The van der Waals surface area contributed by atoms with Crippen molar-refractivity contribution >= 4 is 17.6 Å². The van der Waals surface area contributed by atoms with E-state index in [0.29, 0.717) is 5.02 Å². The second-order valence-corrected chi connectivity index (χ2v) is 3.30. The van der Waals surface area contributed by atoms with Crippen LogP contribution in [0.4, 0.5) is 0 Å². The van der Waals surface area contributed by atoms with Crippen molar-refractivity contribution in [2.45, 2.75) is 12.2 Å². The molecular weight excluding hydrogens is 192 g/mol. The Morgan fingerprint density at radius 1 is 1.38 bits per heavy atom. The van der Waals surface area contributed by atoms with Crippen LogP contribution in [0, 0.1) is 0 Å². The third-order valence-electron chi connectivity index (χ3n) is 1.93. The summed E-state index contributed by atoms with van der Waals surface area (Å²) in [6.45, 7) is 0. The molecule has 1 heterocycles. The SMILES string of the molecule is O=C(O)[C@H]1OC1c1ccc(Cl)cc1. The molecule has 2 atom stereocenters. The van der Waals surface area contributed by atoms with E-state index in [0.717, 1.165) is 5.56 Å². The molecule has 0 spiro atoms. The highest BCUT2D eigenvalue weighted by Gasteiger charge is 2.46. The number of halogens is 1. The van der Waals surface area contributed by atoms with Gasteiger partial charge in [0.1, 0.15) is 6.10 Å². The molecule has 13 heavy (non-hydrogen) atoms. The fourth-order valence-electron chi connectivity index (χ4n) is 1.21. The Labute approximate surface area is 79.9 Å². The normalized spacial score (nSPS) is 25.6. The van der Waals surface area contributed by atoms with E-state index < -0.39 is 12.1 Å². The lowest BCUT2D eigenvalue weighted by atomic mass is 10.1. The number of carboxylic acid groups (broad SMARTS) is 1. The molecule has 3 nitrogen and oxygen atoms in total. The standard InChI is InChI=1S/C9H7ClO3/c10-6-3-1-5(2-4-6)7-8(13-7)9(11)12/h1-4,7-8H,(H,11,12)/t7?,8-/m0/s1. The molecule has 0 saturated carbocycles. The molecule has 1 aliphatic heterocycles. The first-order valence-electron chi connectivity index (χ1n) is 3.82. The molecular formula is C9H7ClO3. The summed E-state index contributed by atoms with van der Waals surface area (Å²) in [4.78, 5) is 10.5. The van der Waals surface area contributed by atoms with Crippen molar-refractivity contribution in [2.75, 3.05) is 0 Å².